The molecule has 0 aliphatic rings. The van der Waals surface area contributed by atoms with Gasteiger partial charge in [-0.25, -0.2) is 0 Å². The van der Waals surface area contributed by atoms with Crippen LogP contribution >= 0.6 is 0 Å². The molecule has 0 aliphatic carbocycles. The van der Waals surface area contributed by atoms with Gasteiger partial charge in [0.05, 0.1) is 0 Å². The van der Waals surface area contributed by atoms with Gasteiger partial charge in [0.1, 0.15) is 0 Å². The van der Waals surface area contributed by atoms with Gasteiger partial charge in [0, 0.05) is 6.42 Å². The van der Waals surface area contributed by atoms with Crippen molar-refractivity contribution in [3.05, 3.63) is 35.4 Å². The molecule has 0 unspecified atom stereocenters. The summed E-state index contributed by atoms with van der Waals surface area (Å²) in [5.41, 5.74) is 2.64. The van der Waals surface area contributed by atoms with Crippen LogP contribution < -0.4 is 0 Å². The first kappa shape index (κ1) is 7.99. The number of hydrogen-bond acceptors (Lipinski definition) is 1. The minimum atomic E-state index is 0.768. The number of nitrogens with one attached hydrogen (secondary N) is 1. The lowest BCUT2D eigenvalue weighted by Gasteiger charge is -2.02. The van der Waals surface area contributed by atoms with E-state index in [2.05, 4.69) is 19.1 Å². The van der Waals surface area contributed by atoms with Gasteiger partial charge in [-0.2, -0.15) is 0 Å². The highest BCUT2D eigenvalue weighted by molar-refractivity contribution is 5.58. The van der Waals surface area contributed by atoms with Crippen molar-refractivity contribution in [3.8, 4) is 0 Å². The van der Waals surface area contributed by atoms with Crippen LogP contribution in [0.1, 0.15) is 18.1 Å². The molecule has 1 nitrogen and oxygen atoms in total. The Morgan fingerprint density at radius 2 is 1.91 bits per heavy atom. The topological polar surface area (TPSA) is 23.9 Å². The molecule has 1 N–H and O–H groups in total. The summed E-state index contributed by atoms with van der Waals surface area (Å²) < 4.78 is 0. The average Bonchev–Trinajstić information content (AvgIpc) is 2.06. The van der Waals surface area contributed by atoms with E-state index in [4.69, 9.17) is 5.41 Å². The van der Waals surface area contributed by atoms with E-state index in [-0.39, 0.29) is 0 Å². The van der Waals surface area contributed by atoms with E-state index < -0.39 is 0 Å². The Bertz CT molecular complexity index is 240. The molecule has 0 fully saturated rings. The van der Waals surface area contributed by atoms with E-state index in [1.165, 1.54) is 17.3 Å². The summed E-state index contributed by atoms with van der Waals surface area (Å²) in [4.78, 5) is 0. The molecular weight excluding hydrogens is 134 g/mol. The van der Waals surface area contributed by atoms with Crippen LogP contribution in [0.15, 0.2) is 24.3 Å². The molecular formula is C10H13N. The van der Waals surface area contributed by atoms with Crippen molar-refractivity contribution >= 4 is 6.21 Å². The molecule has 11 heavy (non-hydrogen) atoms. The van der Waals surface area contributed by atoms with Gasteiger partial charge >= 0.3 is 0 Å². The summed E-state index contributed by atoms with van der Waals surface area (Å²) in [6.45, 7) is 2.14. The van der Waals surface area contributed by atoms with Crippen LogP contribution in [0, 0.1) is 5.41 Å². The first-order chi connectivity index (χ1) is 5.38. The Morgan fingerprint density at radius 3 is 2.45 bits per heavy atom. The van der Waals surface area contributed by atoms with Gasteiger partial charge in [-0.05, 0) is 23.8 Å². The van der Waals surface area contributed by atoms with Crippen LogP contribution in [0.5, 0.6) is 0 Å². The molecule has 0 radical (unpaired) electrons. The Hall–Kier alpha value is -1.11. The van der Waals surface area contributed by atoms with Crippen LogP contribution in [0.2, 0.25) is 0 Å². The highest BCUT2D eigenvalue weighted by Gasteiger charge is 1.95. The zero-order valence-corrected chi connectivity index (χ0v) is 6.80. The van der Waals surface area contributed by atoms with E-state index in [9.17, 15) is 0 Å². The lowest BCUT2D eigenvalue weighted by Crippen LogP contribution is -1.91. The Morgan fingerprint density at radius 1 is 1.27 bits per heavy atom. The van der Waals surface area contributed by atoms with Gasteiger partial charge in [0.2, 0.25) is 0 Å². The molecule has 0 saturated heterocycles. The third-order valence-electron chi connectivity index (χ3n) is 1.82. The van der Waals surface area contributed by atoms with Gasteiger partial charge in [-0.1, -0.05) is 31.2 Å². The molecule has 58 valence electrons. The number of benzene rings is 1. The smallest absolute Gasteiger partial charge is 0.00742 e. The Kier molecular flexibility index (Phi) is 2.84. The molecule has 1 aromatic rings. The molecule has 0 atom stereocenters. The molecule has 0 spiro atoms. The lowest BCUT2D eigenvalue weighted by molar-refractivity contribution is 1.09. The molecule has 0 saturated carbocycles. The molecule has 1 rings (SSSR count). The number of hydrogen-bond donors (Lipinski definition) is 1. The average molecular weight is 147 g/mol. The van der Waals surface area contributed by atoms with Gasteiger partial charge in [-0.3, -0.25) is 0 Å². The van der Waals surface area contributed by atoms with Crippen molar-refractivity contribution in [1.29, 1.82) is 5.41 Å². The molecule has 1 heteroatoms. The first-order valence-corrected chi connectivity index (χ1v) is 3.94. The molecule has 0 heterocycles. The van der Waals surface area contributed by atoms with E-state index >= 15 is 0 Å². The summed E-state index contributed by atoms with van der Waals surface area (Å²) in [6, 6.07) is 8.28. The van der Waals surface area contributed by atoms with Crippen molar-refractivity contribution in [1.82, 2.24) is 0 Å². The van der Waals surface area contributed by atoms with E-state index in [0.29, 0.717) is 0 Å². The van der Waals surface area contributed by atoms with E-state index in [1.54, 1.807) is 0 Å². The van der Waals surface area contributed by atoms with Crippen LogP contribution in [0.3, 0.4) is 0 Å². The molecule has 0 amide bonds. The van der Waals surface area contributed by atoms with Crippen molar-refractivity contribution in [2.45, 2.75) is 19.8 Å². The van der Waals surface area contributed by atoms with E-state index in [0.717, 1.165) is 12.8 Å². The highest BCUT2D eigenvalue weighted by atomic mass is 14.3. The maximum absolute atomic E-state index is 6.99. The maximum Gasteiger partial charge on any atom is 0.00742 e. The summed E-state index contributed by atoms with van der Waals surface area (Å²) in [7, 11) is 0. The van der Waals surface area contributed by atoms with Gasteiger partial charge in [-0.15, -0.1) is 0 Å². The molecule has 0 aromatic heterocycles. The maximum atomic E-state index is 6.99. The minimum Gasteiger partial charge on any atom is -0.313 e. The second-order valence-electron chi connectivity index (χ2n) is 2.53. The second kappa shape index (κ2) is 3.91. The largest absolute Gasteiger partial charge is 0.313 e. The predicted octanol–water partition coefficient (Wildman–Crippen LogP) is 2.44. The fourth-order valence-electron chi connectivity index (χ4n) is 1.21. The van der Waals surface area contributed by atoms with Gasteiger partial charge in [0.25, 0.3) is 0 Å². The standard InChI is InChI=1S/C10H13N/c1-2-9-5-3-4-6-10(9)7-8-11/h3-6,8,11H,2,7H2,1H3. The third-order valence-corrected chi connectivity index (χ3v) is 1.82. The SMILES string of the molecule is CCc1ccccc1CC=N. The van der Waals surface area contributed by atoms with Crippen LogP contribution in [-0.4, -0.2) is 6.21 Å². The summed E-state index contributed by atoms with van der Waals surface area (Å²) in [6.07, 6.45) is 3.28. The second-order valence-corrected chi connectivity index (χ2v) is 2.53. The zero-order chi connectivity index (χ0) is 8.10. The Balaban J connectivity index is 2.92. The summed E-state index contributed by atoms with van der Waals surface area (Å²) in [5, 5.41) is 6.99. The van der Waals surface area contributed by atoms with Crippen LogP contribution in [0.25, 0.3) is 0 Å². The Labute approximate surface area is 67.6 Å². The van der Waals surface area contributed by atoms with E-state index in [1.807, 2.05) is 12.1 Å². The molecule has 0 aliphatic heterocycles. The predicted molar refractivity (Wildman–Crippen MR) is 48.3 cm³/mol. The monoisotopic (exact) mass is 147 g/mol. The first-order valence-electron chi connectivity index (χ1n) is 3.94. The molecule has 0 bridgehead atoms. The van der Waals surface area contributed by atoms with Crippen molar-refractivity contribution in [2.75, 3.05) is 0 Å². The number of aryl methyl sites for hydroxylation is 1. The van der Waals surface area contributed by atoms with Crippen LogP contribution in [-0.2, 0) is 12.8 Å². The fraction of sp³-hybridized carbons (Fsp3) is 0.300. The zero-order valence-electron chi connectivity index (χ0n) is 6.80. The van der Waals surface area contributed by atoms with Gasteiger partial charge in [0.15, 0.2) is 0 Å². The minimum absolute atomic E-state index is 0.768. The summed E-state index contributed by atoms with van der Waals surface area (Å²) in [5.74, 6) is 0. The van der Waals surface area contributed by atoms with Crippen LogP contribution in [0.4, 0.5) is 0 Å². The van der Waals surface area contributed by atoms with Crippen molar-refractivity contribution in [2.24, 2.45) is 0 Å². The molecule has 1 aromatic carbocycles. The third kappa shape index (κ3) is 1.90. The summed E-state index contributed by atoms with van der Waals surface area (Å²) >= 11 is 0. The van der Waals surface area contributed by atoms with Gasteiger partial charge < -0.3 is 5.41 Å². The quantitative estimate of drug-likeness (QED) is 0.635. The highest BCUT2D eigenvalue weighted by Crippen LogP contribution is 2.08. The lowest BCUT2D eigenvalue weighted by atomic mass is 10.0. The normalized spacial score (nSPS) is 9.55. The van der Waals surface area contributed by atoms with Crippen molar-refractivity contribution < 1.29 is 0 Å². The van der Waals surface area contributed by atoms with Crippen molar-refractivity contribution in [3.63, 3.8) is 0 Å². The fourth-order valence-corrected chi connectivity index (χ4v) is 1.21. The number of rotatable bonds is 3.